The van der Waals surface area contributed by atoms with Gasteiger partial charge in [0.1, 0.15) is 0 Å². The van der Waals surface area contributed by atoms with Crippen LogP contribution < -0.4 is 0 Å². The van der Waals surface area contributed by atoms with Crippen LogP contribution in [0.25, 0.3) is 9.81 Å². The molecule has 46 heavy (non-hydrogen) atoms. The summed E-state index contributed by atoms with van der Waals surface area (Å²) in [5, 5.41) is 23.5. The molecule has 4 aromatic carbocycles. The van der Waals surface area contributed by atoms with Crippen LogP contribution in [0.4, 0.5) is 11.4 Å². The molecule has 0 N–H and O–H groups in total. The second-order valence-corrected chi connectivity index (χ2v) is 17.6. The molecule has 6 nitrogen and oxygen atoms in total. The third-order valence-corrected chi connectivity index (χ3v) is 15.8. The molecule has 2 heterocycles. The van der Waals surface area contributed by atoms with E-state index in [1.54, 1.807) is 119 Å². The van der Waals surface area contributed by atoms with Crippen molar-refractivity contribution in [1.82, 2.24) is 0 Å². The molecule has 232 valence electrons. The molecule has 0 saturated carbocycles. The summed E-state index contributed by atoms with van der Waals surface area (Å²) in [5.74, 6) is 1.34. The summed E-state index contributed by atoms with van der Waals surface area (Å²) in [5.41, 5.74) is 4.33. The Bertz CT molecular complexity index is 1760. The average Bonchev–Trinajstić information content (AvgIpc) is 3.69. The van der Waals surface area contributed by atoms with Gasteiger partial charge in [-0.2, -0.15) is 0 Å². The Balaban J connectivity index is 1.26. The van der Waals surface area contributed by atoms with Crippen LogP contribution in [0.3, 0.4) is 0 Å². The fourth-order valence-electron chi connectivity index (χ4n) is 4.21. The summed E-state index contributed by atoms with van der Waals surface area (Å²) < 4.78 is 4.69. The maximum absolute atomic E-state index is 11.1. The molecule has 0 bridgehead atoms. The molecule has 4 aromatic rings. The van der Waals surface area contributed by atoms with E-state index in [-0.39, 0.29) is 21.2 Å². The Morgan fingerprint density at radius 2 is 0.870 bits per heavy atom. The minimum absolute atomic E-state index is 0.0779. The fourth-order valence-corrected chi connectivity index (χ4v) is 13.2. The number of benzene rings is 4. The van der Waals surface area contributed by atoms with E-state index in [2.05, 4.69) is 0 Å². The monoisotopic (exact) mass is 758 g/mol. The van der Waals surface area contributed by atoms with Gasteiger partial charge in [-0.25, -0.2) is 0 Å². The number of hydrogen-bond donors (Lipinski definition) is 0. The summed E-state index contributed by atoms with van der Waals surface area (Å²) in [6, 6.07) is 29.1. The number of nitro benzene ring substituents is 2. The van der Waals surface area contributed by atoms with Gasteiger partial charge < -0.3 is 0 Å². The Labute approximate surface area is 300 Å². The van der Waals surface area contributed by atoms with Crippen molar-refractivity contribution in [3.8, 4) is 0 Å². The van der Waals surface area contributed by atoms with Crippen LogP contribution in [-0.2, 0) is 11.5 Å². The minimum atomic E-state index is -0.387. The van der Waals surface area contributed by atoms with Gasteiger partial charge in [0.15, 0.2) is 0 Å². The predicted octanol–water partition coefficient (Wildman–Crippen LogP) is 12.7. The first kappa shape index (κ1) is 33.5. The van der Waals surface area contributed by atoms with Crippen LogP contribution in [0, 0.1) is 20.2 Å². The smallest absolute Gasteiger partial charge is 0.258 e. The van der Waals surface area contributed by atoms with Crippen LogP contribution in [-0.4, -0.2) is 9.85 Å². The number of thioether (sulfide) groups is 6. The van der Waals surface area contributed by atoms with E-state index in [0.717, 1.165) is 40.5 Å². The molecule has 2 aliphatic rings. The SMILES string of the molecule is O=[N+]([O-])c1ccc(CSC2=C(c3ccc(Cl)cc3)S/C(=C3\SC(SCc4ccc([N+](=O)[O-])cc4)=C(c4ccc(Cl)cc4)S3)S2)cc1. The van der Waals surface area contributed by atoms with Gasteiger partial charge >= 0.3 is 0 Å². The number of rotatable bonds is 10. The molecule has 0 amide bonds. The molecule has 0 aromatic heterocycles. The molecular weight excluding hydrogens is 740 g/mol. The topological polar surface area (TPSA) is 86.3 Å². The Morgan fingerprint density at radius 1 is 0.522 bits per heavy atom. The molecule has 0 fully saturated rings. The van der Waals surface area contributed by atoms with E-state index >= 15 is 0 Å². The lowest BCUT2D eigenvalue weighted by atomic mass is 10.2. The van der Waals surface area contributed by atoms with Crippen molar-refractivity contribution in [1.29, 1.82) is 0 Å². The van der Waals surface area contributed by atoms with Crippen molar-refractivity contribution >= 4 is 115 Å². The lowest BCUT2D eigenvalue weighted by Gasteiger charge is -2.06. The molecule has 0 atom stereocenters. The summed E-state index contributed by atoms with van der Waals surface area (Å²) in [4.78, 5) is 23.7. The van der Waals surface area contributed by atoms with Crippen molar-refractivity contribution in [2.24, 2.45) is 0 Å². The van der Waals surface area contributed by atoms with Gasteiger partial charge in [0.05, 0.1) is 26.8 Å². The van der Waals surface area contributed by atoms with Crippen molar-refractivity contribution in [3.05, 3.63) is 167 Å². The van der Waals surface area contributed by atoms with E-state index < -0.39 is 0 Å². The summed E-state index contributed by atoms with van der Waals surface area (Å²) >= 11 is 22.8. The fraction of sp³-hybridized carbons (Fsp3) is 0.0625. The molecule has 0 unspecified atom stereocenters. The largest absolute Gasteiger partial charge is 0.269 e. The quantitative estimate of drug-likeness (QED) is 0.115. The van der Waals surface area contributed by atoms with Gasteiger partial charge in [-0.1, -0.05) is 119 Å². The highest BCUT2D eigenvalue weighted by molar-refractivity contribution is 8.42. The molecule has 6 rings (SSSR count). The zero-order valence-electron chi connectivity index (χ0n) is 23.4. The number of nitro groups is 2. The number of non-ortho nitro benzene ring substituents is 2. The lowest BCUT2D eigenvalue weighted by molar-refractivity contribution is -0.385. The third kappa shape index (κ3) is 8.16. The van der Waals surface area contributed by atoms with Gasteiger partial charge in [-0.15, -0.1) is 23.5 Å². The van der Waals surface area contributed by atoms with E-state index in [1.807, 2.05) is 48.5 Å². The zero-order valence-corrected chi connectivity index (χ0v) is 29.8. The van der Waals surface area contributed by atoms with E-state index in [9.17, 15) is 20.2 Å². The summed E-state index contributed by atoms with van der Waals surface area (Å²) in [6.45, 7) is 0. The Morgan fingerprint density at radius 3 is 1.20 bits per heavy atom. The number of halogens is 2. The van der Waals surface area contributed by atoms with E-state index in [1.165, 1.54) is 8.47 Å². The van der Waals surface area contributed by atoms with Crippen molar-refractivity contribution in [3.63, 3.8) is 0 Å². The van der Waals surface area contributed by atoms with Gasteiger partial charge in [0.2, 0.25) is 0 Å². The van der Waals surface area contributed by atoms with E-state index in [0.29, 0.717) is 21.6 Å². The minimum Gasteiger partial charge on any atom is -0.258 e. The van der Waals surface area contributed by atoms with Crippen LogP contribution >= 0.6 is 93.8 Å². The molecule has 0 aliphatic carbocycles. The predicted molar refractivity (Wildman–Crippen MR) is 203 cm³/mol. The second kappa shape index (κ2) is 15.2. The molecule has 0 spiro atoms. The first-order valence-corrected chi connectivity index (χ1v) is 19.4. The lowest BCUT2D eigenvalue weighted by Crippen LogP contribution is -1.88. The first-order valence-electron chi connectivity index (χ1n) is 13.4. The second-order valence-electron chi connectivity index (χ2n) is 9.65. The van der Waals surface area contributed by atoms with Gasteiger partial charge in [0, 0.05) is 55.6 Å². The highest BCUT2D eigenvalue weighted by atomic mass is 35.5. The van der Waals surface area contributed by atoms with Crippen LogP contribution in [0.5, 0.6) is 0 Å². The normalized spacial score (nSPS) is 16.4. The molecular formula is C32H20Cl2N2O4S6. The van der Waals surface area contributed by atoms with Crippen LogP contribution in [0.15, 0.2) is 114 Å². The van der Waals surface area contributed by atoms with Gasteiger partial charge in [-0.3, -0.25) is 20.2 Å². The van der Waals surface area contributed by atoms with E-state index in [4.69, 9.17) is 23.2 Å². The van der Waals surface area contributed by atoms with Crippen molar-refractivity contribution in [2.45, 2.75) is 11.5 Å². The van der Waals surface area contributed by atoms with Gasteiger partial charge in [0.25, 0.3) is 11.4 Å². The number of nitrogens with zero attached hydrogens (tertiary/aromatic N) is 2. The first-order chi connectivity index (χ1) is 22.2. The highest BCUT2D eigenvalue weighted by Gasteiger charge is 2.31. The zero-order chi connectivity index (χ0) is 32.2. The Hall–Kier alpha value is -2.42. The third-order valence-electron chi connectivity index (χ3n) is 6.54. The summed E-state index contributed by atoms with van der Waals surface area (Å²) in [6.07, 6.45) is 0. The Kier molecular flexibility index (Phi) is 11.1. The van der Waals surface area contributed by atoms with Crippen LogP contribution in [0.2, 0.25) is 10.0 Å². The molecule has 0 saturated heterocycles. The maximum atomic E-state index is 11.1. The summed E-state index contributed by atoms with van der Waals surface area (Å²) in [7, 11) is 0. The van der Waals surface area contributed by atoms with Crippen molar-refractivity contribution in [2.75, 3.05) is 0 Å². The number of hydrogen-bond acceptors (Lipinski definition) is 10. The van der Waals surface area contributed by atoms with Crippen molar-refractivity contribution < 1.29 is 9.85 Å². The average molecular weight is 760 g/mol. The molecule has 0 radical (unpaired) electrons. The van der Waals surface area contributed by atoms with Gasteiger partial charge in [-0.05, 0) is 46.5 Å². The molecule has 14 heteroatoms. The maximum Gasteiger partial charge on any atom is 0.269 e. The van der Waals surface area contributed by atoms with Crippen LogP contribution in [0.1, 0.15) is 22.3 Å². The highest BCUT2D eigenvalue weighted by Crippen LogP contribution is 2.66. The standard InChI is InChI=1S/C32H20Cl2N2O4S6/c33-23-9-5-21(6-10-23)27-29(41-17-19-1-13-25(14-2-19)35(37)38)45-31(43-27)32-44-28(22-7-11-24(34)12-8-22)30(46-32)42-18-20-3-15-26(16-4-20)36(39)40/h1-16H,17-18H2/b32-31+. The molecule has 2 aliphatic heterocycles.